The molecule has 0 radical (unpaired) electrons. The lowest BCUT2D eigenvalue weighted by atomic mass is 9.74. The molecule has 0 saturated heterocycles. The first kappa shape index (κ1) is 42.1. The number of para-hydroxylation sites is 1. The zero-order chi connectivity index (χ0) is 47.3. The minimum absolute atomic E-state index is 0.376. The molecular weight excluding hydrogens is 855 g/mol. The monoisotopic (exact) mass is 903 g/mol. The Balaban J connectivity index is 1.12. The van der Waals surface area contributed by atoms with Crippen molar-refractivity contribution < 1.29 is 0 Å². The zero-order valence-corrected chi connectivity index (χ0v) is 39.5. The Morgan fingerprint density at radius 2 is 0.732 bits per heavy atom. The van der Waals surface area contributed by atoms with Crippen LogP contribution in [0.4, 0.5) is 17.1 Å². The van der Waals surface area contributed by atoms with Crippen LogP contribution in [-0.2, 0) is 5.41 Å². The van der Waals surface area contributed by atoms with Gasteiger partial charge in [0.1, 0.15) is 0 Å². The Hall–Kier alpha value is -9.04. The average Bonchev–Trinajstić information content (AvgIpc) is 3.73. The Morgan fingerprint density at radius 3 is 1.42 bits per heavy atom. The zero-order valence-electron chi connectivity index (χ0n) is 39.5. The third-order valence-electron chi connectivity index (χ3n) is 14.9. The largest absolute Gasteiger partial charge is 0.309 e. The highest BCUT2D eigenvalue weighted by molar-refractivity contribution is 6.22. The molecule has 1 unspecified atom stereocenters. The number of hydrogen-bond donors (Lipinski definition) is 0. The van der Waals surface area contributed by atoms with Crippen LogP contribution in [0.15, 0.2) is 279 Å². The molecule has 0 aromatic heterocycles. The van der Waals surface area contributed by atoms with Crippen molar-refractivity contribution in [1.29, 1.82) is 0 Å². The summed E-state index contributed by atoms with van der Waals surface area (Å²) in [6, 6.07) is 103. The fraction of sp³-hybridized carbons (Fsp3) is 0.0286. The summed E-state index contributed by atoms with van der Waals surface area (Å²) in [5.41, 5.74) is 21.2. The van der Waals surface area contributed by atoms with E-state index < -0.39 is 0 Å². The highest BCUT2D eigenvalue weighted by Crippen LogP contribution is 2.58. The number of rotatable bonds is 9. The van der Waals surface area contributed by atoms with Gasteiger partial charge in [-0.15, -0.1) is 0 Å². The molecule has 12 aromatic rings. The molecule has 1 atom stereocenters. The van der Waals surface area contributed by atoms with Gasteiger partial charge in [0, 0.05) is 22.1 Å². The average molecular weight is 904 g/mol. The Bertz CT molecular complexity index is 3920. The molecule has 1 nitrogen and oxygen atoms in total. The van der Waals surface area contributed by atoms with Crippen molar-refractivity contribution in [2.75, 3.05) is 4.90 Å². The third-order valence-corrected chi connectivity index (χ3v) is 14.9. The van der Waals surface area contributed by atoms with Gasteiger partial charge in [0.25, 0.3) is 0 Å². The molecule has 334 valence electrons. The summed E-state index contributed by atoms with van der Waals surface area (Å²) >= 11 is 0. The van der Waals surface area contributed by atoms with E-state index in [-0.39, 0.29) is 5.41 Å². The second-order valence-corrected chi connectivity index (χ2v) is 18.8. The van der Waals surface area contributed by atoms with Crippen molar-refractivity contribution in [3.63, 3.8) is 0 Å². The fourth-order valence-electron chi connectivity index (χ4n) is 11.7. The molecule has 1 heteroatoms. The minimum Gasteiger partial charge on any atom is -0.309 e. The molecule has 0 saturated carbocycles. The van der Waals surface area contributed by atoms with Crippen LogP contribution in [0.3, 0.4) is 0 Å². The molecule has 1 aliphatic rings. The van der Waals surface area contributed by atoms with Gasteiger partial charge in [-0.05, 0) is 126 Å². The van der Waals surface area contributed by atoms with Crippen LogP contribution in [0.25, 0.3) is 88.3 Å². The molecule has 12 aromatic carbocycles. The third kappa shape index (κ3) is 7.00. The number of benzene rings is 12. The number of anilines is 3. The lowest BCUT2D eigenvalue weighted by Crippen LogP contribution is -2.22. The van der Waals surface area contributed by atoms with E-state index in [1.807, 2.05) is 0 Å². The summed E-state index contributed by atoms with van der Waals surface area (Å²) < 4.78 is 0. The van der Waals surface area contributed by atoms with Crippen LogP contribution in [0.1, 0.15) is 23.6 Å². The predicted molar refractivity (Wildman–Crippen MR) is 301 cm³/mol. The van der Waals surface area contributed by atoms with Crippen molar-refractivity contribution >= 4 is 38.6 Å². The summed E-state index contributed by atoms with van der Waals surface area (Å²) in [4.78, 5) is 2.57. The van der Waals surface area contributed by atoms with Crippen LogP contribution in [0.5, 0.6) is 0 Å². The molecule has 0 spiro atoms. The molecule has 0 bridgehead atoms. The van der Waals surface area contributed by atoms with Crippen LogP contribution >= 0.6 is 0 Å². The quantitative estimate of drug-likeness (QED) is 0.130. The SMILES string of the molecule is CC1(c2ccccc2)c2ccccc2-c2c(N(c3ccccc3-c3ccc4c(c3)c(-c3ccccc3)c(-c3ccccc3)c3ccccc34)c3ccc(-c4ccccc4)cc3-c3ccccc3)cccc21. The summed E-state index contributed by atoms with van der Waals surface area (Å²) in [6.07, 6.45) is 0. The number of nitrogens with zero attached hydrogens (tertiary/aromatic N) is 1. The van der Waals surface area contributed by atoms with Gasteiger partial charge < -0.3 is 4.90 Å². The highest BCUT2D eigenvalue weighted by atomic mass is 15.2. The van der Waals surface area contributed by atoms with E-state index in [1.165, 1.54) is 82.7 Å². The molecule has 0 heterocycles. The van der Waals surface area contributed by atoms with Crippen molar-refractivity contribution in [3.05, 3.63) is 296 Å². The van der Waals surface area contributed by atoms with Gasteiger partial charge in [0.15, 0.2) is 0 Å². The van der Waals surface area contributed by atoms with Gasteiger partial charge in [-0.25, -0.2) is 0 Å². The van der Waals surface area contributed by atoms with Crippen molar-refractivity contribution in [3.8, 4) is 66.8 Å². The summed E-state index contributed by atoms with van der Waals surface area (Å²) in [7, 11) is 0. The van der Waals surface area contributed by atoms with Crippen molar-refractivity contribution in [1.82, 2.24) is 0 Å². The molecule has 0 fully saturated rings. The molecule has 71 heavy (non-hydrogen) atoms. The normalized spacial score (nSPS) is 13.8. The summed E-state index contributed by atoms with van der Waals surface area (Å²) in [6.45, 7) is 2.41. The van der Waals surface area contributed by atoms with E-state index in [9.17, 15) is 0 Å². The Morgan fingerprint density at radius 1 is 0.254 bits per heavy atom. The standard InChI is InChI=1S/C70H49N/c1-70(54-32-15-6-16-33-54)62-38-21-19-37-59(62)69-63(70)39-23-41-66(69)71(65-45-43-52(48-24-7-2-8-25-48)46-60(65)49-26-9-3-10-27-49)64-40-22-20-34-55(64)53-42-44-57-56-35-17-18-36-58(56)67(50-28-11-4-12-29-50)68(61(57)47-53)51-30-13-5-14-31-51/h2-47H,1H3. The maximum atomic E-state index is 2.57. The Kier molecular flexibility index (Phi) is 10.4. The first-order valence-electron chi connectivity index (χ1n) is 24.7. The van der Waals surface area contributed by atoms with E-state index in [4.69, 9.17) is 0 Å². The van der Waals surface area contributed by atoms with Crippen LogP contribution in [-0.4, -0.2) is 0 Å². The second kappa shape index (κ2) is 17.5. The predicted octanol–water partition coefficient (Wildman–Crippen LogP) is 19.1. The van der Waals surface area contributed by atoms with Gasteiger partial charge in [-0.1, -0.05) is 249 Å². The topological polar surface area (TPSA) is 3.24 Å². The first-order valence-corrected chi connectivity index (χ1v) is 24.7. The fourth-order valence-corrected chi connectivity index (χ4v) is 11.7. The van der Waals surface area contributed by atoms with Crippen molar-refractivity contribution in [2.24, 2.45) is 0 Å². The highest BCUT2D eigenvalue weighted by Gasteiger charge is 2.42. The second-order valence-electron chi connectivity index (χ2n) is 18.8. The first-order chi connectivity index (χ1) is 35.1. The maximum absolute atomic E-state index is 2.57. The summed E-state index contributed by atoms with van der Waals surface area (Å²) in [5, 5.41) is 4.95. The lowest BCUT2D eigenvalue weighted by Gasteiger charge is -2.33. The molecule has 0 amide bonds. The smallest absolute Gasteiger partial charge is 0.0543 e. The molecule has 0 aliphatic heterocycles. The van der Waals surface area contributed by atoms with Crippen molar-refractivity contribution in [2.45, 2.75) is 12.3 Å². The van der Waals surface area contributed by atoms with Crippen LogP contribution in [0, 0.1) is 0 Å². The summed E-state index contributed by atoms with van der Waals surface area (Å²) in [5.74, 6) is 0. The van der Waals surface area contributed by atoms with Crippen LogP contribution < -0.4 is 4.90 Å². The van der Waals surface area contributed by atoms with Gasteiger partial charge in [0.2, 0.25) is 0 Å². The van der Waals surface area contributed by atoms with E-state index in [0.717, 1.165) is 39.3 Å². The van der Waals surface area contributed by atoms with E-state index in [1.54, 1.807) is 0 Å². The molecular formula is C70H49N. The number of fused-ring (bicyclic) bond motifs is 6. The molecule has 13 rings (SSSR count). The molecule has 1 aliphatic carbocycles. The van der Waals surface area contributed by atoms with Gasteiger partial charge in [-0.2, -0.15) is 0 Å². The molecule has 0 N–H and O–H groups in total. The minimum atomic E-state index is -0.376. The Labute approximate surface area is 416 Å². The van der Waals surface area contributed by atoms with E-state index in [0.29, 0.717) is 0 Å². The van der Waals surface area contributed by atoms with Crippen LogP contribution in [0.2, 0.25) is 0 Å². The van der Waals surface area contributed by atoms with E-state index in [2.05, 4.69) is 291 Å². The lowest BCUT2D eigenvalue weighted by molar-refractivity contribution is 0.714. The van der Waals surface area contributed by atoms with Gasteiger partial charge in [0.05, 0.1) is 17.1 Å². The van der Waals surface area contributed by atoms with Gasteiger partial charge >= 0.3 is 0 Å². The van der Waals surface area contributed by atoms with E-state index >= 15 is 0 Å². The number of hydrogen-bond acceptors (Lipinski definition) is 1. The van der Waals surface area contributed by atoms with Gasteiger partial charge in [-0.3, -0.25) is 0 Å². The maximum Gasteiger partial charge on any atom is 0.0543 e.